The fraction of sp³-hybridized carbons (Fsp3) is 0.731. The summed E-state index contributed by atoms with van der Waals surface area (Å²) in [4.78, 5) is 0. The van der Waals surface area contributed by atoms with E-state index in [0.29, 0.717) is 22.7 Å². The van der Waals surface area contributed by atoms with E-state index in [2.05, 4.69) is 80.3 Å². The maximum Gasteiger partial charge on any atom is 0.0703 e. The van der Waals surface area contributed by atoms with Crippen LogP contribution in [0.25, 0.3) is 0 Å². The number of hydrogen-bond donors (Lipinski definition) is 1. The Kier molecular flexibility index (Phi) is 7.18. The summed E-state index contributed by atoms with van der Waals surface area (Å²) < 4.78 is 1.05. The van der Waals surface area contributed by atoms with Crippen LogP contribution < -0.4 is 5.43 Å². The van der Waals surface area contributed by atoms with Crippen molar-refractivity contribution in [2.75, 3.05) is 5.43 Å². The minimum Gasteiger partial charge on any atom is -0.278 e. The second-order valence-corrected chi connectivity index (χ2v) is 11.7. The van der Waals surface area contributed by atoms with Crippen LogP contribution in [0.3, 0.4) is 0 Å². The summed E-state index contributed by atoms with van der Waals surface area (Å²) in [5, 5.41) is 4.66. The van der Waals surface area contributed by atoms with Crippen molar-refractivity contribution in [3.63, 3.8) is 0 Å². The van der Waals surface area contributed by atoms with Crippen LogP contribution in [0.15, 0.2) is 33.8 Å². The lowest BCUT2D eigenvalue weighted by Gasteiger charge is -2.62. The summed E-state index contributed by atoms with van der Waals surface area (Å²) in [6, 6.07) is 8.18. The fourth-order valence-electron chi connectivity index (χ4n) is 6.86. The molecule has 162 valence electrons. The fourth-order valence-corrected chi connectivity index (χ4v) is 7.23. The van der Waals surface area contributed by atoms with Gasteiger partial charge in [-0.3, -0.25) is 5.43 Å². The lowest BCUT2D eigenvalue weighted by Crippen LogP contribution is -2.55. The van der Waals surface area contributed by atoms with Crippen molar-refractivity contribution in [1.29, 1.82) is 0 Å². The van der Waals surface area contributed by atoms with E-state index >= 15 is 0 Å². The molecule has 0 aromatic heterocycles. The van der Waals surface area contributed by atoms with Gasteiger partial charge < -0.3 is 0 Å². The molecule has 3 heteroatoms. The lowest BCUT2D eigenvalue weighted by molar-refractivity contribution is -0.130. The first kappa shape index (κ1) is 22.8. The molecule has 1 aromatic rings. The van der Waals surface area contributed by atoms with Crippen molar-refractivity contribution in [3.05, 3.63) is 28.7 Å². The van der Waals surface area contributed by atoms with Crippen LogP contribution in [-0.2, 0) is 0 Å². The predicted octanol–water partition coefficient (Wildman–Crippen LogP) is 8.39. The Hall–Kier alpha value is -0.830. The zero-order valence-corrected chi connectivity index (χ0v) is 20.9. The first-order chi connectivity index (χ1) is 13.7. The van der Waals surface area contributed by atoms with Crippen molar-refractivity contribution >= 4 is 27.8 Å². The van der Waals surface area contributed by atoms with Crippen molar-refractivity contribution in [2.24, 2.45) is 45.5 Å². The Morgan fingerprint density at radius 1 is 1.17 bits per heavy atom. The summed E-state index contributed by atoms with van der Waals surface area (Å²) in [6.45, 7) is 15.0. The molecule has 1 aromatic carbocycles. The number of anilines is 1. The number of fused-ring (bicyclic) bond motifs is 1. The van der Waals surface area contributed by atoms with Gasteiger partial charge in [0, 0.05) is 10.7 Å². The third-order valence-electron chi connectivity index (χ3n) is 8.64. The summed E-state index contributed by atoms with van der Waals surface area (Å²) in [5.74, 6) is 3.47. The summed E-state index contributed by atoms with van der Waals surface area (Å²) in [7, 11) is 0. The second kappa shape index (κ2) is 9.12. The molecule has 0 spiro atoms. The van der Waals surface area contributed by atoms with Crippen LogP contribution in [0.1, 0.15) is 80.1 Å². The van der Waals surface area contributed by atoms with Crippen LogP contribution in [0, 0.1) is 40.4 Å². The minimum absolute atomic E-state index is 0.460. The Morgan fingerprint density at radius 3 is 2.55 bits per heavy atom. The number of benzene rings is 1. The SMILES string of the molecule is CC(C)CC1C[C@]2(C)CCCC[C@]2(C)C(C)[C@@H]1C(C)C=NNc1ccccc1Br. The molecule has 0 radical (unpaired) electrons. The van der Waals surface area contributed by atoms with Gasteiger partial charge in [-0.1, -0.05) is 66.5 Å². The highest BCUT2D eigenvalue weighted by molar-refractivity contribution is 9.10. The van der Waals surface area contributed by atoms with Gasteiger partial charge in [0.05, 0.1) is 5.69 Å². The number of hydrazone groups is 1. The van der Waals surface area contributed by atoms with E-state index in [1.54, 1.807) is 0 Å². The summed E-state index contributed by atoms with van der Waals surface area (Å²) >= 11 is 3.60. The number of para-hydroxylation sites is 1. The molecule has 29 heavy (non-hydrogen) atoms. The molecular formula is C26H41BrN2. The van der Waals surface area contributed by atoms with Gasteiger partial charge in [-0.25, -0.2) is 0 Å². The van der Waals surface area contributed by atoms with Crippen LogP contribution in [0.5, 0.6) is 0 Å². The molecule has 0 amide bonds. The average molecular weight is 462 g/mol. The van der Waals surface area contributed by atoms with E-state index in [1.807, 2.05) is 18.2 Å². The number of hydrogen-bond acceptors (Lipinski definition) is 2. The van der Waals surface area contributed by atoms with Gasteiger partial charge in [-0.2, -0.15) is 5.10 Å². The Bertz CT molecular complexity index is 714. The van der Waals surface area contributed by atoms with E-state index in [4.69, 9.17) is 0 Å². The number of nitrogens with zero attached hydrogens (tertiary/aromatic N) is 1. The average Bonchev–Trinajstić information content (AvgIpc) is 2.64. The van der Waals surface area contributed by atoms with Gasteiger partial charge in [0.15, 0.2) is 0 Å². The van der Waals surface area contributed by atoms with Crippen LogP contribution in [-0.4, -0.2) is 6.21 Å². The normalized spacial score (nSPS) is 36.2. The van der Waals surface area contributed by atoms with Gasteiger partial charge in [0.1, 0.15) is 0 Å². The molecular weight excluding hydrogens is 420 g/mol. The second-order valence-electron chi connectivity index (χ2n) is 10.9. The van der Waals surface area contributed by atoms with E-state index in [1.165, 1.54) is 38.5 Å². The molecule has 1 N–H and O–H groups in total. The molecule has 2 nitrogen and oxygen atoms in total. The molecule has 0 saturated heterocycles. The highest BCUT2D eigenvalue weighted by Gasteiger charge is 2.57. The van der Waals surface area contributed by atoms with E-state index in [9.17, 15) is 0 Å². The first-order valence-corrected chi connectivity index (χ1v) is 12.5. The molecule has 0 aliphatic heterocycles. The van der Waals surface area contributed by atoms with Gasteiger partial charge in [0.25, 0.3) is 0 Å². The smallest absolute Gasteiger partial charge is 0.0703 e. The molecule has 3 unspecified atom stereocenters. The molecule has 2 aliphatic carbocycles. The van der Waals surface area contributed by atoms with Crippen molar-refractivity contribution in [1.82, 2.24) is 0 Å². The van der Waals surface area contributed by atoms with Gasteiger partial charge in [-0.05, 0) is 94.2 Å². The van der Waals surface area contributed by atoms with Crippen LogP contribution in [0.2, 0.25) is 0 Å². The summed E-state index contributed by atoms with van der Waals surface area (Å²) in [5.41, 5.74) is 5.24. The zero-order chi connectivity index (χ0) is 21.2. The van der Waals surface area contributed by atoms with Gasteiger partial charge in [0.2, 0.25) is 0 Å². The third-order valence-corrected chi connectivity index (χ3v) is 9.33. The third kappa shape index (κ3) is 4.60. The van der Waals surface area contributed by atoms with Crippen LogP contribution >= 0.6 is 15.9 Å². The quantitative estimate of drug-likeness (QED) is 0.334. The largest absolute Gasteiger partial charge is 0.278 e. The first-order valence-electron chi connectivity index (χ1n) is 11.7. The highest BCUT2D eigenvalue weighted by atomic mass is 79.9. The van der Waals surface area contributed by atoms with E-state index < -0.39 is 0 Å². The van der Waals surface area contributed by atoms with Crippen molar-refractivity contribution in [3.8, 4) is 0 Å². The monoisotopic (exact) mass is 460 g/mol. The number of rotatable bonds is 6. The molecule has 0 bridgehead atoms. The lowest BCUT2D eigenvalue weighted by atomic mass is 9.42. The standard InChI is InChI=1S/C26H41BrN2/c1-18(2)15-21-16-25(5)13-9-10-14-26(25,6)20(4)24(21)19(3)17-28-29-23-12-8-7-11-22(23)27/h7-8,11-12,17-21,24,29H,9-10,13-16H2,1-6H3/t19?,20?,21?,24-,25-,26+/m0/s1. The van der Waals surface area contributed by atoms with Gasteiger partial charge in [-0.15, -0.1) is 0 Å². The topological polar surface area (TPSA) is 24.4 Å². The Morgan fingerprint density at radius 2 is 1.86 bits per heavy atom. The van der Waals surface area contributed by atoms with E-state index in [0.717, 1.165) is 27.9 Å². The highest BCUT2D eigenvalue weighted by Crippen LogP contribution is 2.65. The van der Waals surface area contributed by atoms with E-state index in [-0.39, 0.29) is 0 Å². The number of halogens is 1. The molecule has 0 heterocycles. The summed E-state index contributed by atoms with van der Waals surface area (Å²) in [6.07, 6.45) is 10.6. The van der Waals surface area contributed by atoms with Crippen molar-refractivity contribution < 1.29 is 0 Å². The predicted molar refractivity (Wildman–Crippen MR) is 130 cm³/mol. The van der Waals surface area contributed by atoms with Crippen molar-refractivity contribution in [2.45, 2.75) is 80.1 Å². The Labute approximate surface area is 187 Å². The van der Waals surface area contributed by atoms with Crippen LogP contribution in [0.4, 0.5) is 5.69 Å². The van der Waals surface area contributed by atoms with Gasteiger partial charge >= 0.3 is 0 Å². The molecule has 2 fully saturated rings. The minimum atomic E-state index is 0.460. The molecule has 6 atom stereocenters. The number of nitrogens with one attached hydrogen (secondary N) is 1. The molecule has 3 rings (SSSR count). The molecule has 2 saturated carbocycles. The zero-order valence-electron chi connectivity index (χ0n) is 19.3. The Balaban J connectivity index is 1.81. The maximum absolute atomic E-state index is 4.66. The molecule has 2 aliphatic rings. The maximum atomic E-state index is 4.66.